The average Bonchev–Trinajstić information content (AvgIpc) is 3.25. The number of rotatable bonds is 10. The molecular weight excluding hydrogens is 511 g/mol. The van der Waals surface area contributed by atoms with Crippen LogP contribution in [0, 0.1) is 0 Å². The molecule has 0 aliphatic carbocycles. The average molecular weight is 531 g/mol. The van der Waals surface area contributed by atoms with Crippen molar-refractivity contribution in [1.82, 2.24) is 0 Å². The number of ether oxygens (including phenoxy) is 3. The molecule has 2 aromatic heterocycles. The van der Waals surface area contributed by atoms with Crippen molar-refractivity contribution in [3.63, 3.8) is 0 Å². The van der Waals surface area contributed by atoms with Crippen LogP contribution in [0.2, 0.25) is 10.0 Å². The van der Waals surface area contributed by atoms with Gasteiger partial charge in [-0.2, -0.15) is 8.78 Å². The number of hydrogen-bond donors (Lipinski definition) is 0. The van der Waals surface area contributed by atoms with Crippen molar-refractivity contribution in [2.45, 2.75) is 39.1 Å². The molecule has 34 heavy (non-hydrogen) atoms. The van der Waals surface area contributed by atoms with E-state index in [2.05, 4.69) is 9.72 Å². The first-order valence-corrected chi connectivity index (χ1v) is 11.6. The Labute approximate surface area is 208 Å². The Morgan fingerprint density at radius 2 is 1.79 bits per heavy atom. The van der Waals surface area contributed by atoms with Crippen molar-refractivity contribution in [3.8, 4) is 11.5 Å². The number of esters is 1. The van der Waals surface area contributed by atoms with Gasteiger partial charge in [0.25, 0.3) is 0 Å². The number of thiophene rings is 1. The second-order valence-corrected chi connectivity index (χ2v) is 9.23. The van der Waals surface area contributed by atoms with E-state index in [1.165, 1.54) is 42.7 Å². The van der Waals surface area contributed by atoms with Crippen LogP contribution in [-0.2, 0) is 11.2 Å². The van der Waals surface area contributed by atoms with Crippen molar-refractivity contribution < 1.29 is 37.6 Å². The lowest BCUT2D eigenvalue weighted by atomic mass is 10.0. The summed E-state index contributed by atoms with van der Waals surface area (Å²) in [5.74, 6) is -0.763. The highest BCUT2D eigenvalue weighted by atomic mass is 35.5. The van der Waals surface area contributed by atoms with Gasteiger partial charge >= 0.3 is 12.6 Å². The number of hydrogen-bond acceptors (Lipinski definition) is 6. The summed E-state index contributed by atoms with van der Waals surface area (Å²) < 4.78 is 41.7. The highest BCUT2D eigenvalue weighted by Gasteiger charge is 2.25. The molecular formula is C23H20Cl2F2NO5S+. The van der Waals surface area contributed by atoms with Gasteiger partial charge in [0.1, 0.15) is 21.0 Å². The first-order chi connectivity index (χ1) is 16.2. The lowest BCUT2D eigenvalue weighted by molar-refractivity contribution is -0.377. The molecule has 0 saturated heterocycles. The minimum atomic E-state index is -3.04. The van der Waals surface area contributed by atoms with Gasteiger partial charge in [-0.1, -0.05) is 29.3 Å². The van der Waals surface area contributed by atoms with Crippen molar-refractivity contribution in [1.29, 1.82) is 0 Å². The molecule has 1 N–H and O–H groups in total. The topological polar surface area (TPSA) is 76.0 Å². The van der Waals surface area contributed by atoms with E-state index in [4.69, 9.17) is 32.7 Å². The molecule has 0 amide bonds. The van der Waals surface area contributed by atoms with E-state index < -0.39 is 18.7 Å². The molecule has 3 aromatic rings. The number of aldehydes is 1. The Morgan fingerprint density at radius 1 is 1.09 bits per heavy atom. The molecule has 0 unspecified atom stereocenters. The van der Waals surface area contributed by atoms with Crippen LogP contribution in [0.25, 0.3) is 0 Å². The first kappa shape index (κ1) is 25.9. The second-order valence-electron chi connectivity index (χ2n) is 7.30. The Hall–Kier alpha value is -2.75. The highest BCUT2D eigenvalue weighted by molar-refractivity contribution is 7.15. The number of pyridine rings is 1. The second kappa shape index (κ2) is 11.6. The molecule has 0 aliphatic rings. The van der Waals surface area contributed by atoms with Gasteiger partial charge < -0.3 is 14.2 Å². The fraction of sp³-hybridized carbons (Fsp3) is 0.261. The third-order valence-corrected chi connectivity index (χ3v) is 6.16. The maximum atomic E-state index is 12.9. The predicted octanol–water partition coefficient (Wildman–Crippen LogP) is 6.21. The van der Waals surface area contributed by atoms with Gasteiger partial charge in [0, 0.05) is 12.0 Å². The van der Waals surface area contributed by atoms with Gasteiger partial charge in [-0.15, -0.1) is 11.3 Å². The molecule has 0 radical (unpaired) electrons. The van der Waals surface area contributed by atoms with Crippen molar-refractivity contribution in [2.75, 3.05) is 0 Å². The zero-order chi connectivity index (χ0) is 24.8. The van der Waals surface area contributed by atoms with Gasteiger partial charge in [-0.25, -0.2) is 9.78 Å². The van der Waals surface area contributed by atoms with Gasteiger partial charge in [0.05, 0.1) is 11.0 Å². The molecule has 0 spiro atoms. The summed E-state index contributed by atoms with van der Waals surface area (Å²) in [5, 5.41) is 0.647. The van der Waals surface area contributed by atoms with E-state index in [9.17, 15) is 18.4 Å². The monoisotopic (exact) mass is 530 g/mol. The third kappa shape index (κ3) is 6.65. The molecule has 1 atom stereocenters. The number of aromatic amines is 1. The Balaban J connectivity index is 2.01. The Bertz CT molecular complexity index is 1150. The third-order valence-electron chi connectivity index (χ3n) is 4.50. The summed E-state index contributed by atoms with van der Waals surface area (Å²) in [5.41, 5.74) is 0.955. The number of benzene rings is 1. The van der Waals surface area contributed by atoms with E-state index in [1.54, 1.807) is 13.8 Å². The minimum absolute atomic E-state index is 0.0619. The van der Waals surface area contributed by atoms with Crippen LogP contribution in [0.5, 0.6) is 11.5 Å². The lowest BCUT2D eigenvalue weighted by Crippen LogP contribution is -2.16. The molecule has 3 rings (SSSR count). The van der Waals surface area contributed by atoms with Crippen LogP contribution in [0.3, 0.4) is 0 Å². The smallest absolute Gasteiger partial charge is 0.387 e. The van der Waals surface area contributed by atoms with Gasteiger partial charge in [0.15, 0.2) is 30.2 Å². The summed E-state index contributed by atoms with van der Waals surface area (Å²) in [6.45, 7) is 0.424. The maximum Gasteiger partial charge on any atom is 0.387 e. The minimum Gasteiger partial charge on any atom is -0.487 e. The fourth-order valence-corrected chi connectivity index (χ4v) is 4.30. The van der Waals surface area contributed by atoms with Crippen LogP contribution in [0.15, 0.2) is 42.7 Å². The summed E-state index contributed by atoms with van der Waals surface area (Å²) in [4.78, 5) is 27.2. The summed E-state index contributed by atoms with van der Waals surface area (Å²) in [7, 11) is 0. The Kier molecular flexibility index (Phi) is 8.82. The standard InChI is InChI=1S/C23H19Cl2F2NO5S/c1-12(2)31-20-7-13(3-5-18(20)33-23(26)27)19(8-15-16(24)9-28-10-17(15)25)32-22(30)21-6-4-14(11-29)34-21/h3-7,9-12,19,23H,8H2,1-2H3/p+1/t19-/m0/s1. The lowest BCUT2D eigenvalue weighted by Gasteiger charge is -2.21. The van der Waals surface area contributed by atoms with Crippen LogP contribution >= 0.6 is 34.5 Å². The summed E-state index contributed by atoms with van der Waals surface area (Å²) in [6, 6.07) is 7.27. The molecule has 0 saturated carbocycles. The van der Waals surface area contributed by atoms with E-state index in [0.29, 0.717) is 32.3 Å². The summed E-state index contributed by atoms with van der Waals surface area (Å²) in [6.07, 6.45) is 2.53. The number of aromatic nitrogens is 1. The van der Waals surface area contributed by atoms with Crippen LogP contribution < -0.4 is 14.5 Å². The quantitative estimate of drug-likeness (QED) is 0.230. The van der Waals surface area contributed by atoms with E-state index >= 15 is 0 Å². The number of alkyl halides is 2. The van der Waals surface area contributed by atoms with Gasteiger partial charge in [-0.05, 0) is 43.7 Å². The molecule has 0 aliphatic heterocycles. The van der Waals surface area contributed by atoms with Crippen molar-refractivity contribution in [3.05, 3.63) is 73.7 Å². The fourth-order valence-electron chi connectivity index (χ4n) is 3.06. The largest absolute Gasteiger partial charge is 0.487 e. The van der Waals surface area contributed by atoms with Gasteiger partial charge in [-0.3, -0.25) is 4.79 Å². The molecule has 6 nitrogen and oxygen atoms in total. The maximum absolute atomic E-state index is 12.9. The van der Waals surface area contributed by atoms with E-state index in [-0.39, 0.29) is 28.9 Å². The number of carbonyl (C=O) groups excluding carboxylic acids is 2. The molecule has 180 valence electrons. The van der Waals surface area contributed by atoms with Crippen LogP contribution in [0.4, 0.5) is 8.78 Å². The van der Waals surface area contributed by atoms with Crippen LogP contribution in [0.1, 0.15) is 50.4 Å². The predicted molar refractivity (Wildman–Crippen MR) is 123 cm³/mol. The molecule has 1 aromatic carbocycles. The first-order valence-electron chi connectivity index (χ1n) is 10.0. The molecule has 0 bridgehead atoms. The van der Waals surface area contributed by atoms with E-state index in [1.807, 2.05) is 0 Å². The van der Waals surface area contributed by atoms with Crippen LogP contribution in [-0.4, -0.2) is 25.0 Å². The highest BCUT2D eigenvalue weighted by Crippen LogP contribution is 2.37. The van der Waals surface area contributed by atoms with E-state index in [0.717, 1.165) is 11.3 Å². The van der Waals surface area contributed by atoms with Gasteiger partial charge in [0.2, 0.25) is 0 Å². The summed E-state index contributed by atoms with van der Waals surface area (Å²) >= 11 is 13.6. The van der Waals surface area contributed by atoms with Crippen molar-refractivity contribution in [2.24, 2.45) is 0 Å². The molecule has 11 heteroatoms. The zero-order valence-corrected chi connectivity index (χ0v) is 20.3. The zero-order valence-electron chi connectivity index (χ0n) is 18.0. The molecule has 2 heterocycles. The number of halogens is 4. The number of H-pyrrole nitrogens is 1. The SMILES string of the molecule is CC(C)Oc1cc([C@H](Cc2c(Cl)c[nH+]cc2Cl)OC(=O)c2ccc(C=O)s2)ccc1OC(F)F. The van der Waals surface area contributed by atoms with Crippen molar-refractivity contribution >= 4 is 46.8 Å². The number of carbonyl (C=O) groups is 2. The Morgan fingerprint density at radius 3 is 2.38 bits per heavy atom. The normalized spacial score (nSPS) is 12.0. The molecule has 0 fully saturated rings. The number of nitrogens with one attached hydrogen (secondary N) is 1.